The van der Waals surface area contributed by atoms with Gasteiger partial charge in [-0.15, -0.1) is 0 Å². The number of aromatic hydroxyl groups is 1. The number of likely N-dealkylation sites (tertiary alicyclic amines) is 1. The van der Waals surface area contributed by atoms with Gasteiger partial charge in [0.25, 0.3) is 5.91 Å². The Bertz CT molecular complexity index is 585. The van der Waals surface area contributed by atoms with Gasteiger partial charge in [0.05, 0.1) is 6.10 Å². The Morgan fingerprint density at radius 2 is 2.33 bits per heavy atom. The number of hydroxylamine groups is 1. The monoisotopic (exact) mass is 290 g/mol. The largest absolute Gasteiger partial charge is 0.504 e. The molecule has 0 aromatic heterocycles. The van der Waals surface area contributed by atoms with Crippen molar-refractivity contribution >= 4 is 12.0 Å². The molecule has 1 atom stereocenters. The van der Waals surface area contributed by atoms with E-state index in [-0.39, 0.29) is 23.5 Å². The van der Waals surface area contributed by atoms with E-state index in [1.54, 1.807) is 13.2 Å². The number of ether oxygens (including phenoxy) is 1. The molecule has 3 rings (SSSR count). The topological polar surface area (TPSA) is 71.0 Å². The molecule has 1 fully saturated rings. The molecule has 6 nitrogen and oxygen atoms in total. The summed E-state index contributed by atoms with van der Waals surface area (Å²) in [6.45, 7) is 2.41. The van der Waals surface area contributed by atoms with E-state index < -0.39 is 0 Å². The van der Waals surface area contributed by atoms with Gasteiger partial charge in [-0.1, -0.05) is 12.1 Å². The lowest BCUT2D eigenvalue weighted by atomic mass is 10.1. The third-order valence-electron chi connectivity index (χ3n) is 3.87. The van der Waals surface area contributed by atoms with Gasteiger partial charge in [0, 0.05) is 43.9 Å². The van der Waals surface area contributed by atoms with Crippen molar-refractivity contribution < 1.29 is 19.5 Å². The number of fused-ring (bicyclic) bond motifs is 1. The highest BCUT2D eigenvalue weighted by atomic mass is 16.7. The van der Waals surface area contributed by atoms with Crippen LogP contribution < -0.4 is 10.3 Å². The fourth-order valence-electron chi connectivity index (χ4n) is 2.67. The first-order chi connectivity index (χ1) is 10.2. The number of nitrogens with zero attached hydrogens (tertiary/aromatic N) is 1. The lowest BCUT2D eigenvalue weighted by Gasteiger charge is -2.18. The highest BCUT2D eigenvalue weighted by Gasteiger charge is 2.24. The second kappa shape index (κ2) is 5.75. The summed E-state index contributed by atoms with van der Waals surface area (Å²) in [5, 5.41) is 10.4. The zero-order valence-electron chi connectivity index (χ0n) is 11.8. The van der Waals surface area contributed by atoms with Crippen LogP contribution in [0.2, 0.25) is 0 Å². The molecule has 0 aliphatic carbocycles. The maximum absolute atomic E-state index is 11.3. The third-order valence-corrected chi connectivity index (χ3v) is 3.87. The molecule has 2 heterocycles. The van der Waals surface area contributed by atoms with Crippen LogP contribution in [0.15, 0.2) is 18.2 Å². The van der Waals surface area contributed by atoms with E-state index >= 15 is 0 Å². The summed E-state index contributed by atoms with van der Waals surface area (Å²) in [4.78, 5) is 18.7. The number of nitrogens with one attached hydrogen (secondary N) is 1. The Morgan fingerprint density at radius 1 is 1.48 bits per heavy atom. The lowest BCUT2D eigenvalue weighted by Crippen LogP contribution is -2.24. The number of methoxy groups -OCH3 is 1. The van der Waals surface area contributed by atoms with Crippen molar-refractivity contribution in [2.75, 3.05) is 20.2 Å². The Kier molecular flexibility index (Phi) is 3.81. The third kappa shape index (κ3) is 2.86. The van der Waals surface area contributed by atoms with Gasteiger partial charge >= 0.3 is 0 Å². The van der Waals surface area contributed by atoms with E-state index in [0.29, 0.717) is 12.1 Å². The van der Waals surface area contributed by atoms with Crippen LogP contribution in [0.3, 0.4) is 0 Å². The molecule has 1 unspecified atom stereocenters. The molecule has 6 heteroatoms. The summed E-state index contributed by atoms with van der Waals surface area (Å²) in [5.41, 5.74) is 3.70. The number of benzene rings is 1. The first-order valence-electron chi connectivity index (χ1n) is 6.92. The molecule has 0 spiro atoms. The summed E-state index contributed by atoms with van der Waals surface area (Å²) in [6.07, 6.45) is 4.25. The van der Waals surface area contributed by atoms with E-state index in [1.807, 2.05) is 12.1 Å². The normalized spacial score (nSPS) is 21.6. The molecule has 1 aromatic rings. The minimum absolute atomic E-state index is 0.0696. The molecule has 0 saturated carbocycles. The van der Waals surface area contributed by atoms with Gasteiger partial charge < -0.3 is 14.7 Å². The van der Waals surface area contributed by atoms with E-state index in [1.165, 1.54) is 6.08 Å². The van der Waals surface area contributed by atoms with Crippen molar-refractivity contribution in [1.82, 2.24) is 10.4 Å². The van der Waals surface area contributed by atoms with Crippen LogP contribution in [0, 0.1) is 0 Å². The molecule has 2 aliphatic rings. The number of amides is 1. The molecule has 0 bridgehead atoms. The summed E-state index contributed by atoms with van der Waals surface area (Å²) < 4.78 is 5.34. The Labute approximate surface area is 122 Å². The molecule has 21 heavy (non-hydrogen) atoms. The van der Waals surface area contributed by atoms with Gasteiger partial charge in [-0.05, 0) is 12.5 Å². The summed E-state index contributed by atoms with van der Waals surface area (Å²) in [7, 11) is 1.72. The van der Waals surface area contributed by atoms with E-state index in [2.05, 4.69) is 10.4 Å². The van der Waals surface area contributed by atoms with Crippen molar-refractivity contribution in [3.8, 4) is 11.5 Å². The van der Waals surface area contributed by atoms with E-state index in [4.69, 9.17) is 9.57 Å². The standard InChI is InChI=1S/C15H18N2O4/c1-20-12-6-7-17(9-12)8-11-3-2-10-4-5-13(18)16-21-15(10)14(11)19/h2-5,12,19H,6-9H2,1H3,(H,16,18). The lowest BCUT2D eigenvalue weighted by molar-refractivity contribution is -0.122. The number of carbonyl (C=O) groups is 1. The summed E-state index contributed by atoms with van der Waals surface area (Å²) in [6, 6.07) is 3.70. The number of hydrogen-bond acceptors (Lipinski definition) is 5. The molecule has 1 aromatic carbocycles. The fourth-order valence-corrected chi connectivity index (χ4v) is 2.67. The van der Waals surface area contributed by atoms with Gasteiger partial charge in [-0.3, -0.25) is 9.69 Å². The smallest absolute Gasteiger partial charge is 0.276 e. The number of phenols is 1. The van der Waals surface area contributed by atoms with Crippen LogP contribution in [-0.2, 0) is 16.1 Å². The Morgan fingerprint density at radius 3 is 3.10 bits per heavy atom. The first kappa shape index (κ1) is 13.9. The molecule has 0 radical (unpaired) electrons. The summed E-state index contributed by atoms with van der Waals surface area (Å²) >= 11 is 0. The van der Waals surface area contributed by atoms with Crippen LogP contribution in [-0.4, -0.2) is 42.2 Å². The van der Waals surface area contributed by atoms with E-state index in [9.17, 15) is 9.90 Å². The van der Waals surface area contributed by atoms with Gasteiger partial charge in [-0.25, -0.2) is 0 Å². The number of carbonyl (C=O) groups excluding carboxylic acids is 1. The van der Waals surface area contributed by atoms with Crippen LogP contribution in [0.25, 0.3) is 6.08 Å². The zero-order chi connectivity index (χ0) is 14.8. The minimum Gasteiger partial charge on any atom is -0.504 e. The predicted molar refractivity (Wildman–Crippen MR) is 76.6 cm³/mol. The quantitative estimate of drug-likeness (QED) is 0.870. The van der Waals surface area contributed by atoms with Crippen molar-refractivity contribution in [2.24, 2.45) is 0 Å². The van der Waals surface area contributed by atoms with Crippen LogP contribution in [0.4, 0.5) is 0 Å². The van der Waals surface area contributed by atoms with Crippen LogP contribution >= 0.6 is 0 Å². The second-order valence-electron chi connectivity index (χ2n) is 5.27. The van der Waals surface area contributed by atoms with Crippen LogP contribution in [0.1, 0.15) is 17.5 Å². The Balaban J connectivity index is 1.79. The van der Waals surface area contributed by atoms with Gasteiger partial charge in [0.1, 0.15) is 0 Å². The molecular formula is C15H18N2O4. The van der Waals surface area contributed by atoms with Crippen molar-refractivity contribution in [3.63, 3.8) is 0 Å². The highest BCUT2D eigenvalue weighted by molar-refractivity contribution is 5.92. The second-order valence-corrected chi connectivity index (χ2v) is 5.27. The SMILES string of the molecule is COC1CCN(Cc2ccc3c(c2O)ONC(=O)C=C3)C1. The molecule has 1 saturated heterocycles. The zero-order valence-corrected chi connectivity index (χ0v) is 11.8. The number of rotatable bonds is 3. The fraction of sp³-hybridized carbons (Fsp3) is 0.400. The average Bonchev–Trinajstić information content (AvgIpc) is 2.85. The van der Waals surface area contributed by atoms with Crippen molar-refractivity contribution in [2.45, 2.75) is 19.1 Å². The van der Waals surface area contributed by atoms with Gasteiger partial charge in [0.15, 0.2) is 5.75 Å². The predicted octanol–water partition coefficient (Wildman–Crippen LogP) is 1.05. The summed E-state index contributed by atoms with van der Waals surface area (Å²) in [5.74, 6) is 0.00642. The molecular weight excluding hydrogens is 272 g/mol. The highest BCUT2D eigenvalue weighted by Crippen LogP contribution is 2.36. The Hall–Kier alpha value is -2.05. The number of phenolic OH excluding ortho intramolecular Hbond substituents is 1. The van der Waals surface area contributed by atoms with E-state index in [0.717, 1.165) is 25.1 Å². The molecule has 2 aliphatic heterocycles. The van der Waals surface area contributed by atoms with Crippen molar-refractivity contribution in [1.29, 1.82) is 0 Å². The van der Waals surface area contributed by atoms with Gasteiger partial charge in [0.2, 0.25) is 5.75 Å². The maximum Gasteiger partial charge on any atom is 0.276 e. The average molecular weight is 290 g/mol. The van der Waals surface area contributed by atoms with Gasteiger partial charge in [-0.2, -0.15) is 5.48 Å². The molecule has 1 amide bonds. The minimum atomic E-state index is -0.352. The number of hydrogen-bond donors (Lipinski definition) is 2. The molecule has 2 N–H and O–H groups in total. The maximum atomic E-state index is 11.3. The van der Waals surface area contributed by atoms with Crippen molar-refractivity contribution in [3.05, 3.63) is 29.3 Å². The van der Waals surface area contributed by atoms with Crippen LogP contribution in [0.5, 0.6) is 11.5 Å². The first-order valence-corrected chi connectivity index (χ1v) is 6.92. The molecule has 112 valence electrons.